The number of rotatable bonds is 9. The molecule has 238 valence electrons. The first-order chi connectivity index (χ1) is 22.3. The van der Waals surface area contributed by atoms with Gasteiger partial charge in [-0.05, 0) is 72.9 Å². The van der Waals surface area contributed by atoms with Crippen LogP contribution in [-0.2, 0) is 13.0 Å². The van der Waals surface area contributed by atoms with Crippen molar-refractivity contribution in [3.05, 3.63) is 111 Å². The Morgan fingerprint density at radius 3 is 2.48 bits per heavy atom. The monoisotopic (exact) mass is 641 g/mol. The summed E-state index contributed by atoms with van der Waals surface area (Å²) in [6, 6.07) is 23.0. The summed E-state index contributed by atoms with van der Waals surface area (Å²) >= 11 is 5.99. The number of urea groups is 1. The van der Waals surface area contributed by atoms with Gasteiger partial charge >= 0.3 is 6.03 Å². The van der Waals surface area contributed by atoms with E-state index in [1.54, 1.807) is 43.5 Å². The van der Waals surface area contributed by atoms with Crippen molar-refractivity contribution in [2.24, 2.45) is 5.92 Å². The quantitative estimate of drug-likeness (QED) is 0.214. The molecule has 2 aliphatic rings. The molecule has 2 atom stereocenters. The second kappa shape index (κ2) is 13.6. The number of pyridine rings is 1. The minimum Gasteiger partial charge on any atom is -0.497 e. The smallest absolute Gasteiger partial charge is 0.323 e. The van der Waals surface area contributed by atoms with Gasteiger partial charge in [0.15, 0.2) is 0 Å². The van der Waals surface area contributed by atoms with Crippen molar-refractivity contribution in [2.75, 3.05) is 49.4 Å². The van der Waals surface area contributed by atoms with Crippen molar-refractivity contribution in [2.45, 2.75) is 25.3 Å². The molecule has 11 heteroatoms. The number of carbonyl (C=O) groups is 2. The topological polar surface area (TPSA) is 114 Å². The number of nitrogens with one attached hydrogen (secondary N) is 3. The predicted octanol–water partition coefficient (Wildman–Crippen LogP) is 5.76. The number of amides is 3. The Labute approximate surface area is 272 Å². The molecule has 2 aliphatic heterocycles. The van der Waals surface area contributed by atoms with E-state index >= 15 is 0 Å². The third-order valence-corrected chi connectivity index (χ3v) is 8.85. The molecule has 6 rings (SSSR count). The van der Waals surface area contributed by atoms with Crippen molar-refractivity contribution in [1.82, 2.24) is 9.88 Å². The van der Waals surface area contributed by atoms with E-state index < -0.39 is 6.03 Å². The van der Waals surface area contributed by atoms with Gasteiger partial charge in [0.2, 0.25) is 0 Å². The van der Waals surface area contributed by atoms with Crippen LogP contribution in [0.1, 0.15) is 34.0 Å². The zero-order valence-electron chi connectivity index (χ0n) is 25.7. The number of halogens is 1. The molecule has 0 spiro atoms. The average Bonchev–Trinajstić information content (AvgIpc) is 3.06. The third kappa shape index (κ3) is 6.82. The molecule has 0 unspecified atom stereocenters. The van der Waals surface area contributed by atoms with Crippen molar-refractivity contribution in [1.29, 1.82) is 0 Å². The number of aromatic nitrogens is 1. The molecule has 1 saturated heterocycles. The van der Waals surface area contributed by atoms with Gasteiger partial charge in [0.25, 0.3) is 11.5 Å². The number of benzene rings is 3. The van der Waals surface area contributed by atoms with Gasteiger partial charge < -0.3 is 34.9 Å². The maximum atomic E-state index is 13.4. The summed E-state index contributed by atoms with van der Waals surface area (Å²) in [5.74, 6) is 1.24. The number of hydrogen-bond acceptors (Lipinski definition) is 6. The van der Waals surface area contributed by atoms with Gasteiger partial charge in [0, 0.05) is 60.5 Å². The third-order valence-electron chi connectivity index (χ3n) is 8.60. The molecule has 1 fully saturated rings. The van der Waals surface area contributed by atoms with Crippen LogP contribution in [0.2, 0.25) is 5.02 Å². The second-order valence-electron chi connectivity index (χ2n) is 11.6. The number of hydrogen-bond donors (Lipinski definition) is 3. The molecule has 46 heavy (non-hydrogen) atoms. The fourth-order valence-electron chi connectivity index (χ4n) is 6.40. The lowest BCUT2D eigenvalue weighted by Gasteiger charge is -2.44. The van der Waals surface area contributed by atoms with Crippen molar-refractivity contribution >= 4 is 40.6 Å². The first-order valence-corrected chi connectivity index (χ1v) is 15.6. The largest absolute Gasteiger partial charge is 0.497 e. The van der Waals surface area contributed by atoms with Crippen molar-refractivity contribution < 1.29 is 19.1 Å². The Bertz CT molecular complexity index is 1810. The van der Waals surface area contributed by atoms with E-state index in [-0.39, 0.29) is 23.3 Å². The Hall–Kier alpha value is -4.96. The highest BCUT2D eigenvalue weighted by Gasteiger charge is 2.35. The van der Waals surface area contributed by atoms with Gasteiger partial charge in [-0.15, -0.1) is 0 Å². The number of ether oxygens (including phenoxy) is 2. The second-order valence-corrected chi connectivity index (χ2v) is 12.0. The first kappa shape index (κ1) is 31.0. The summed E-state index contributed by atoms with van der Waals surface area (Å²) in [5, 5.41) is 9.49. The Balaban J connectivity index is 1.24. The summed E-state index contributed by atoms with van der Waals surface area (Å²) in [7, 11) is 3.08. The molecule has 10 nitrogen and oxygen atoms in total. The maximum absolute atomic E-state index is 13.4. The Morgan fingerprint density at radius 1 is 0.891 bits per heavy atom. The molecular formula is C35H36ClN5O5. The lowest BCUT2D eigenvalue weighted by molar-refractivity contribution is 0.0954. The van der Waals surface area contributed by atoms with Crippen LogP contribution in [0.25, 0.3) is 0 Å². The van der Waals surface area contributed by atoms with Crippen LogP contribution in [0, 0.1) is 5.92 Å². The van der Waals surface area contributed by atoms with E-state index in [9.17, 15) is 14.4 Å². The number of piperidine rings is 1. The molecule has 3 heterocycles. The summed E-state index contributed by atoms with van der Waals surface area (Å²) in [4.78, 5) is 41.4. The normalized spacial score (nSPS) is 16.6. The number of anilines is 3. The lowest BCUT2D eigenvalue weighted by Crippen LogP contribution is -2.47. The van der Waals surface area contributed by atoms with Gasteiger partial charge in [-0.3, -0.25) is 9.59 Å². The van der Waals surface area contributed by atoms with Crippen LogP contribution in [0.5, 0.6) is 11.5 Å². The highest BCUT2D eigenvalue weighted by molar-refractivity contribution is 6.30. The van der Waals surface area contributed by atoms with E-state index in [1.807, 2.05) is 47.0 Å². The summed E-state index contributed by atoms with van der Waals surface area (Å²) in [5.41, 5.74) is 4.31. The minimum atomic E-state index is -0.487. The van der Waals surface area contributed by atoms with E-state index in [2.05, 4.69) is 20.9 Å². The molecule has 2 bridgehead atoms. The predicted molar refractivity (Wildman–Crippen MR) is 180 cm³/mol. The SMILES string of the molecule is COc1ccc(NC(=O)Nc2cc(C(=O)NCCc3ccc(Cl)cc3)ccc2N2C[C@H]3C[C@@H](C2)c2cccc(=O)n2C3)c(OC)c1. The molecule has 0 saturated carbocycles. The molecular weight excluding hydrogens is 606 g/mol. The molecule has 3 aromatic carbocycles. The number of nitrogens with zero attached hydrogens (tertiary/aromatic N) is 2. The van der Waals surface area contributed by atoms with Gasteiger partial charge in [-0.25, -0.2) is 4.79 Å². The van der Waals surface area contributed by atoms with Gasteiger partial charge in [0.05, 0.1) is 31.3 Å². The van der Waals surface area contributed by atoms with E-state index in [0.29, 0.717) is 66.1 Å². The van der Waals surface area contributed by atoms with Crippen LogP contribution in [0.4, 0.5) is 21.9 Å². The number of methoxy groups -OCH3 is 2. The highest BCUT2D eigenvalue weighted by Crippen LogP contribution is 2.39. The van der Waals surface area contributed by atoms with Crippen LogP contribution in [-0.4, -0.2) is 50.4 Å². The molecule has 0 aliphatic carbocycles. The highest BCUT2D eigenvalue weighted by atomic mass is 35.5. The fraction of sp³-hybridized carbons (Fsp3) is 0.286. The molecule has 3 N–H and O–H groups in total. The standard InChI is InChI=1S/C35H36ClN5O5/c1-45-27-11-12-28(32(18-27)46-2)38-35(44)39-29-17-24(34(43)37-15-14-22-6-9-26(36)10-7-22)8-13-31(29)40-19-23-16-25(21-40)30-4-3-5-33(42)41(30)20-23/h3-13,17-18,23,25H,14-16,19-21H2,1-2H3,(H,37,43)(H2,38,39,44)/t23-,25+/m1/s1. The van der Waals surface area contributed by atoms with Crippen molar-refractivity contribution in [3.63, 3.8) is 0 Å². The molecule has 1 aromatic heterocycles. The van der Waals surface area contributed by atoms with Crippen LogP contribution < -0.4 is 35.9 Å². The number of carbonyl (C=O) groups excluding carboxylic acids is 2. The van der Waals surface area contributed by atoms with Gasteiger partial charge in [-0.1, -0.05) is 29.8 Å². The van der Waals surface area contributed by atoms with E-state index in [4.69, 9.17) is 21.1 Å². The van der Waals surface area contributed by atoms with E-state index in [1.165, 1.54) is 7.11 Å². The summed E-state index contributed by atoms with van der Waals surface area (Å²) in [6.07, 6.45) is 1.65. The minimum absolute atomic E-state index is 0.0278. The Morgan fingerprint density at radius 2 is 1.70 bits per heavy atom. The average molecular weight is 642 g/mol. The van der Waals surface area contributed by atoms with Crippen LogP contribution in [0.3, 0.4) is 0 Å². The fourth-order valence-corrected chi connectivity index (χ4v) is 6.52. The summed E-state index contributed by atoms with van der Waals surface area (Å²) < 4.78 is 12.6. The lowest BCUT2D eigenvalue weighted by atomic mass is 9.83. The first-order valence-electron chi connectivity index (χ1n) is 15.2. The Kier molecular flexibility index (Phi) is 9.16. The van der Waals surface area contributed by atoms with Crippen LogP contribution >= 0.6 is 11.6 Å². The van der Waals surface area contributed by atoms with Gasteiger partial charge in [0.1, 0.15) is 11.5 Å². The van der Waals surface area contributed by atoms with Crippen LogP contribution in [0.15, 0.2) is 83.7 Å². The molecule has 0 radical (unpaired) electrons. The summed E-state index contributed by atoms with van der Waals surface area (Å²) in [6.45, 7) is 2.48. The zero-order chi connectivity index (χ0) is 32.2. The van der Waals surface area contributed by atoms with E-state index in [0.717, 1.165) is 23.4 Å². The zero-order valence-corrected chi connectivity index (χ0v) is 26.5. The van der Waals surface area contributed by atoms with Gasteiger partial charge in [-0.2, -0.15) is 0 Å². The molecule has 3 amide bonds. The maximum Gasteiger partial charge on any atom is 0.323 e. The molecule has 4 aromatic rings. The number of fused-ring (bicyclic) bond motifs is 4. The van der Waals surface area contributed by atoms with Crippen molar-refractivity contribution in [3.8, 4) is 11.5 Å².